The molecule has 0 bridgehead atoms. The lowest BCUT2D eigenvalue weighted by molar-refractivity contribution is -0.290. The first-order chi connectivity index (χ1) is 15.8. The summed E-state index contributed by atoms with van der Waals surface area (Å²) in [6.45, 7) is -2.05. The molecule has 0 saturated carbocycles. The maximum absolute atomic E-state index is 13.3. The van der Waals surface area contributed by atoms with E-state index in [0.717, 1.165) is 30.1 Å². The first-order valence-corrected chi connectivity index (χ1v) is 12.3. The largest absolute Gasteiger partial charge is 0.494 e. The van der Waals surface area contributed by atoms with Gasteiger partial charge in [0, 0.05) is 24.1 Å². The number of aromatic nitrogens is 2. The van der Waals surface area contributed by atoms with Gasteiger partial charge in [0.25, 0.3) is 0 Å². The number of benzene rings is 1. The van der Waals surface area contributed by atoms with Crippen LogP contribution in [0.1, 0.15) is 35.2 Å². The van der Waals surface area contributed by atoms with E-state index in [0.29, 0.717) is 11.5 Å². The predicted octanol–water partition coefficient (Wildman–Crippen LogP) is 5.17. The standard InChI is InChI=1S/C20H21ClF5N3O4S/c1-29-18(33-11-19(22,23)20(24,25)26)13(10-27-29)17(30)12-6-7-14(32-2)16(15(12)21)28-34(31)8-4-3-5-9-34/h6-7,10H,3-5,8-9,11H2,1-2H3. The minimum atomic E-state index is -5.83. The molecule has 7 nitrogen and oxygen atoms in total. The minimum Gasteiger partial charge on any atom is -0.494 e. The Kier molecular flexibility index (Phi) is 7.46. The van der Waals surface area contributed by atoms with Gasteiger partial charge in [-0.15, -0.1) is 0 Å². The molecule has 3 rings (SSSR count). The molecule has 1 fully saturated rings. The highest BCUT2D eigenvalue weighted by atomic mass is 35.5. The molecule has 14 heteroatoms. The monoisotopic (exact) mass is 529 g/mol. The van der Waals surface area contributed by atoms with E-state index in [4.69, 9.17) is 16.3 Å². The Morgan fingerprint density at radius 3 is 2.41 bits per heavy atom. The van der Waals surface area contributed by atoms with Crippen LogP contribution >= 0.6 is 11.6 Å². The summed E-state index contributed by atoms with van der Waals surface area (Å²) in [5, 5.41) is 3.52. The van der Waals surface area contributed by atoms with Gasteiger partial charge in [-0.2, -0.15) is 31.4 Å². The molecular weight excluding hydrogens is 509 g/mol. The van der Waals surface area contributed by atoms with Gasteiger partial charge in [0.15, 0.2) is 6.61 Å². The van der Waals surface area contributed by atoms with Crippen molar-refractivity contribution in [3.8, 4) is 11.6 Å². The molecule has 2 heterocycles. The van der Waals surface area contributed by atoms with E-state index in [1.165, 1.54) is 26.3 Å². The number of aryl methyl sites for hydroxylation is 1. The van der Waals surface area contributed by atoms with Gasteiger partial charge < -0.3 is 9.47 Å². The number of carbonyl (C=O) groups excluding carboxylic acids is 1. The van der Waals surface area contributed by atoms with Gasteiger partial charge in [-0.1, -0.05) is 18.0 Å². The van der Waals surface area contributed by atoms with Crippen molar-refractivity contribution in [3.63, 3.8) is 0 Å². The maximum atomic E-state index is 13.3. The van der Waals surface area contributed by atoms with Crippen LogP contribution in [-0.2, 0) is 16.8 Å². The lowest BCUT2D eigenvalue weighted by atomic mass is 10.0. The van der Waals surface area contributed by atoms with Crippen LogP contribution in [0.5, 0.6) is 11.6 Å². The average Bonchev–Trinajstić information content (AvgIpc) is 3.13. The number of rotatable bonds is 7. The van der Waals surface area contributed by atoms with Crippen LogP contribution in [0.25, 0.3) is 0 Å². The minimum absolute atomic E-state index is 0.00289. The van der Waals surface area contributed by atoms with E-state index < -0.39 is 40.1 Å². The van der Waals surface area contributed by atoms with Gasteiger partial charge in [0.2, 0.25) is 11.7 Å². The maximum Gasteiger partial charge on any atom is 0.456 e. The van der Waals surface area contributed by atoms with Crippen LogP contribution in [0, 0.1) is 0 Å². The lowest BCUT2D eigenvalue weighted by Gasteiger charge is -2.20. The number of methoxy groups -OCH3 is 1. The molecule has 2 aromatic rings. The van der Waals surface area contributed by atoms with E-state index in [1.807, 2.05) is 0 Å². The molecule has 0 aliphatic carbocycles. The molecule has 1 aliphatic heterocycles. The van der Waals surface area contributed by atoms with Crippen LogP contribution in [0.4, 0.5) is 27.6 Å². The van der Waals surface area contributed by atoms with Gasteiger partial charge in [-0.25, -0.2) is 8.89 Å². The van der Waals surface area contributed by atoms with Gasteiger partial charge >= 0.3 is 12.1 Å². The zero-order valence-electron chi connectivity index (χ0n) is 18.1. The van der Waals surface area contributed by atoms with E-state index >= 15 is 0 Å². The first-order valence-electron chi connectivity index (χ1n) is 10.0. The SMILES string of the molecule is COc1ccc(C(=O)c2cnn(C)c2OCC(F)(F)C(F)(F)F)c(Cl)c1N=S1(=O)CCCCC1. The zero-order chi connectivity index (χ0) is 25.3. The Labute approximate surface area is 197 Å². The summed E-state index contributed by atoms with van der Waals surface area (Å²) in [4.78, 5) is 13.2. The van der Waals surface area contributed by atoms with Crippen LogP contribution in [0.15, 0.2) is 22.7 Å². The number of ketones is 1. The number of nitrogens with zero attached hydrogens (tertiary/aromatic N) is 3. The predicted molar refractivity (Wildman–Crippen MR) is 115 cm³/mol. The molecule has 0 spiro atoms. The van der Waals surface area contributed by atoms with E-state index in [2.05, 4.69) is 14.2 Å². The second kappa shape index (κ2) is 9.68. The number of carbonyl (C=O) groups is 1. The van der Waals surface area contributed by atoms with Gasteiger partial charge in [-0.05, 0) is 25.0 Å². The highest BCUT2D eigenvalue weighted by molar-refractivity contribution is 7.93. The van der Waals surface area contributed by atoms with Crippen molar-refractivity contribution in [3.05, 3.63) is 34.5 Å². The summed E-state index contributed by atoms with van der Waals surface area (Å²) >= 11 is 6.43. The van der Waals surface area contributed by atoms with E-state index in [9.17, 15) is 31.0 Å². The fourth-order valence-corrected chi connectivity index (χ4v) is 5.85. The normalized spacial score (nSPS) is 16.2. The lowest BCUT2D eigenvalue weighted by Crippen LogP contribution is -2.42. The molecule has 0 amide bonds. The average molecular weight is 530 g/mol. The summed E-state index contributed by atoms with van der Waals surface area (Å²) in [5.74, 6) is -5.72. The number of ether oxygens (including phenoxy) is 2. The second-order valence-electron chi connectivity index (χ2n) is 7.62. The van der Waals surface area contributed by atoms with Gasteiger partial charge in [-0.3, -0.25) is 4.79 Å². The first kappa shape index (κ1) is 26.2. The van der Waals surface area contributed by atoms with Crippen molar-refractivity contribution in [1.29, 1.82) is 0 Å². The summed E-state index contributed by atoms with van der Waals surface area (Å²) in [5.41, 5.74) is -0.558. The van der Waals surface area contributed by atoms with Crippen LogP contribution in [0.2, 0.25) is 5.02 Å². The third-order valence-corrected chi connectivity index (χ3v) is 7.91. The molecular formula is C20H21ClF5N3O4S. The van der Waals surface area contributed by atoms with Gasteiger partial charge in [0.1, 0.15) is 17.0 Å². The molecule has 0 N–H and O–H groups in total. The second-order valence-corrected chi connectivity index (χ2v) is 10.5. The highest BCUT2D eigenvalue weighted by Gasteiger charge is 2.58. The quantitative estimate of drug-likeness (QED) is 0.365. The van der Waals surface area contributed by atoms with Gasteiger partial charge in [0.05, 0.1) is 28.1 Å². The number of alkyl halides is 5. The van der Waals surface area contributed by atoms with Crippen molar-refractivity contribution < 1.29 is 40.4 Å². The Morgan fingerprint density at radius 2 is 1.82 bits per heavy atom. The Bertz CT molecular complexity index is 1190. The number of hydrogen-bond acceptors (Lipinski definition) is 6. The molecule has 1 aromatic heterocycles. The molecule has 0 radical (unpaired) electrons. The Hall–Kier alpha value is -2.41. The van der Waals surface area contributed by atoms with Crippen molar-refractivity contribution in [2.45, 2.75) is 31.4 Å². The topological polar surface area (TPSA) is 82.8 Å². The van der Waals surface area contributed by atoms with Crippen LogP contribution in [0.3, 0.4) is 0 Å². The molecule has 1 aliphatic rings. The summed E-state index contributed by atoms with van der Waals surface area (Å²) in [7, 11) is -0.0791. The molecule has 0 atom stereocenters. The Balaban J connectivity index is 2.00. The van der Waals surface area contributed by atoms with E-state index in [1.54, 1.807) is 0 Å². The van der Waals surface area contributed by atoms with Crippen molar-refractivity contribution >= 4 is 32.8 Å². The molecule has 0 unspecified atom stereocenters. The molecule has 34 heavy (non-hydrogen) atoms. The highest BCUT2D eigenvalue weighted by Crippen LogP contribution is 2.41. The molecule has 1 aromatic carbocycles. The molecule has 188 valence electrons. The number of hydrogen-bond donors (Lipinski definition) is 0. The summed E-state index contributed by atoms with van der Waals surface area (Å²) in [6, 6.07) is 2.65. The van der Waals surface area contributed by atoms with Crippen LogP contribution in [-0.4, -0.2) is 57.1 Å². The van der Waals surface area contributed by atoms with Crippen molar-refractivity contribution in [2.24, 2.45) is 11.4 Å². The third kappa shape index (κ3) is 5.29. The van der Waals surface area contributed by atoms with E-state index in [-0.39, 0.29) is 27.6 Å². The number of halogens is 6. The smallest absolute Gasteiger partial charge is 0.456 e. The third-order valence-electron chi connectivity index (χ3n) is 5.16. The van der Waals surface area contributed by atoms with Crippen molar-refractivity contribution in [1.82, 2.24) is 9.78 Å². The fourth-order valence-electron chi connectivity index (χ4n) is 3.30. The molecule has 1 saturated heterocycles. The summed E-state index contributed by atoms with van der Waals surface area (Å²) < 4.78 is 92.3. The fraction of sp³-hybridized carbons (Fsp3) is 0.500. The Morgan fingerprint density at radius 1 is 1.18 bits per heavy atom. The zero-order valence-corrected chi connectivity index (χ0v) is 19.7. The summed E-state index contributed by atoms with van der Waals surface area (Å²) in [6.07, 6.45) is -2.50. The van der Waals surface area contributed by atoms with Crippen LogP contribution < -0.4 is 9.47 Å². The van der Waals surface area contributed by atoms with Crippen molar-refractivity contribution in [2.75, 3.05) is 25.2 Å².